The number of pyridine rings is 1. The largest absolute Gasteiger partial charge is 0.484 e. The van der Waals surface area contributed by atoms with Crippen molar-refractivity contribution in [3.8, 4) is 5.75 Å². The molecule has 0 radical (unpaired) electrons. The van der Waals surface area contributed by atoms with Crippen molar-refractivity contribution in [2.45, 2.75) is 0 Å². The number of benzene rings is 2. The standard InChI is InChI=1S/C19H15F2N3O2/c20-13-8-14(21)10-17(9-13)26-12-19(25)24-18-7-6-16(11-22-18)23-15-4-2-1-3-5-15/h1-11,23H,12H2,(H,22,24,25). The first kappa shape index (κ1) is 17.3. The van der Waals surface area contributed by atoms with Crippen molar-refractivity contribution in [2.75, 3.05) is 17.2 Å². The van der Waals surface area contributed by atoms with Crippen LogP contribution in [0.25, 0.3) is 0 Å². The van der Waals surface area contributed by atoms with E-state index >= 15 is 0 Å². The molecule has 0 saturated heterocycles. The zero-order valence-electron chi connectivity index (χ0n) is 13.6. The van der Waals surface area contributed by atoms with Crippen LogP contribution in [0.15, 0.2) is 66.9 Å². The number of aromatic nitrogens is 1. The minimum Gasteiger partial charge on any atom is -0.484 e. The summed E-state index contributed by atoms with van der Waals surface area (Å²) in [6.07, 6.45) is 1.57. The SMILES string of the molecule is O=C(COc1cc(F)cc(F)c1)Nc1ccc(Nc2ccccc2)cn1. The van der Waals surface area contributed by atoms with Crippen LogP contribution in [-0.4, -0.2) is 17.5 Å². The van der Waals surface area contributed by atoms with Gasteiger partial charge >= 0.3 is 0 Å². The molecule has 0 aliphatic rings. The maximum atomic E-state index is 13.1. The van der Waals surface area contributed by atoms with Gasteiger partial charge in [0.05, 0.1) is 11.9 Å². The smallest absolute Gasteiger partial charge is 0.263 e. The van der Waals surface area contributed by atoms with Crippen LogP contribution in [0.2, 0.25) is 0 Å². The Morgan fingerprint density at radius 3 is 2.35 bits per heavy atom. The molecule has 3 rings (SSSR count). The predicted octanol–water partition coefficient (Wildman–Crippen LogP) is 4.12. The molecule has 0 spiro atoms. The summed E-state index contributed by atoms with van der Waals surface area (Å²) in [5, 5.41) is 5.71. The first-order valence-corrected chi connectivity index (χ1v) is 7.75. The number of anilines is 3. The number of carbonyl (C=O) groups is 1. The van der Waals surface area contributed by atoms with Gasteiger partial charge in [0.25, 0.3) is 5.91 Å². The Morgan fingerprint density at radius 2 is 1.69 bits per heavy atom. The number of nitrogens with one attached hydrogen (secondary N) is 2. The Kier molecular flexibility index (Phi) is 5.38. The van der Waals surface area contributed by atoms with Crippen LogP contribution in [-0.2, 0) is 4.79 Å². The van der Waals surface area contributed by atoms with E-state index in [0.29, 0.717) is 5.82 Å². The number of amides is 1. The van der Waals surface area contributed by atoms with E-state index in [0.717, 1.165) is 29.6 Å². The number of carbonyl (C=O) groups excluding carboxylic acids is 1. The summed E-state index contributed by atoms with van der Waals surface area (Å²) in [6, 6.07) is 15.7. The van der Waals surface area contributed by atoms with Crippen LogP contribution in [0, 0.1) is 11.6 Å². The van der Waals surface area contributed by atoms with Crippen molar-refractivity contribution < 1.29 is 18.3 Å². The maximum absolute atomic E-state index is 13.1. The predicted molar refractivity (Wildman–Crippen MR) is 94.4 cm³/mol. The number of ether oxygens (including phenoxy) is 1. The minimum absolute atomic E-state index is 0.0620. The lowest BCUT2D eigenvalue weighted by Gasteiger charge is -2.09. The lowest BCUT2D eigenvalue weighted by molar-refractivity contribution is -0.118. The van der Waals surface area contributed by atoms with Crippen molar-refractivity contribution in [1.82, 2.24) is 4.98 Å². The fraction of sp³-hybridized carbons (Fsp3) is 0.0526. The van der Waals surface area contributed by atoms with Gasteiger partial charge in [-0.05, 0) is 24.3 Å². The zero-order chi connectivity index (χ0) is 18.4. The molecule has 1 aromatic heterocycles. The summed E-state index contributed by atoms with van der Waals surface area (Å²) < 4.78 is 31.2. The van der Waals surface area contributed by atoms with Crippen molar-refractivity contribution in [2.24, 2.45) is 0 Å². The fourth-order valence-electron chi connectivity index (χ4n) is 2.17. The third-order valence-corrected chi connectivity index (χ3v) is 3.30. The van der Waals surface area contributed by atoms with Gasteiger partial charge in [0.15, 0.2) is 6.61 Å². The Hall–Kier alpha value is -3.48. The fourth-order valence-corrected chi connectivity index (χ4v) is 2.17. The van der Waals surface area contributed by atoms with E-state index in [2.05, 4.69) is 15.6 Å². The second-order valence-electron chi connectivity index (χ2n) is 5.37. The Balaban J connectivity index is 1.52. The molecule has 0 unspecified atom stereocenters. The Labute approximate surface area is 148 Å². The van der Waals surface area contributed by atoms with E-state index in [1.165, 1.54) is 0 Å². The number of para-hydroxylation sites is 1. The van der Waals surface area contributed by atoms with Gasteiger partial charge in [-0.2, -0.15) is 0 Å². The normalized spacial score (nSPS) is 10.2. The van der Waals surface area contributed by atoms with Gasteiger partial charge in [-0.3, -0.25) is 4.79 Å². The maximum Gasteiger partial charge on any atom is 0.263 e. The number of rotatable bonds is 6. The van der Waals surface area contributed by atoms with Gasteiger partial charge in [0, 0.05) is 23.9 Å². The first-order chi connectivity index (χ1) is 12.6. The van der Waals surface area contributed by atoms with Crippen LogP contribution < -0.4 is 15.4 Å². The Morgan fingerprint density at radius 1 is 0.962 bits per heavy atom. The molecule has 7 heteroatoms. The highest BCUT2D eigenvalue weighted by molar-refractivity contribution is 5.91. The van der Waals surface area contributed by atoms with E-state index in [1.807, 2.05) is 30.3 Å². The quantitative estimate of drug-likeness (QED) is 0.698. The van der Waals surface area contributed by atoms with Crippen molar-refractivity contribution in [3.05, 3.63) is 78.5 Å². The third-order valence-electron chi connectivity index (χ3n) is 3.30. The molecule has 0 bridgehead atoms. The van der Waals surface area contributed by atoms with Gasteiger partial charge in [-0.25, -0.2) is 13.8 Å². The van der Waals surface area contributed by atoms with E-state index in [1.54, 1.807) is 18.3 Å². The Bertz CT molecular complexity index is 867. The second kappa shape index (κ2) is 8.06. The van der Waals surface area contributed by atoms with Gasteiger partial charge in [-0.15, -0.1) is 0 Å². The first-order valence-electron chi connectivity index (χ1n) is 7.75. The summed E-state index contributed by atoms with van der Waals surface area (Å²) in [4.78, 5) is 16.0. The summed E-state index contributed by atoms with van der Waals surface area (Å²) in [7, 11) is 0. The molecule has 0 saturated carbocycles. The summed E-state index contributed by atoms with van der Waals surface area (Å²) in [6.45, 7) is -0.394. The van der Waals surface area contributed by atoms with E-state index in [9.17, 15) is 13.6 Å². The average Bonchev–Trinajstić information content (AvgIpc) is 2.62. The molecular weight excluding hydrogens is 340 g/mol. The van der Waals surface area contributed by atoms with Crippen LogP contribution >= 0.6 is 0 Å². The molecule has 0 aliphatic carbocycles. The summed E-state index contributed by atoms with van der Waals surface area (Å²) in [5.41, 5.74) is 1.68. The minimum atomic E-state index is -0.774. The number of nitrogens with zero attached hydrogens (tertiary/aromatic N) is 1. The summed E-state index contributed by atoms with van der Waals surface area (Å²) in [5.74, 6) is -1.77. The highest BCUT2D eigenvalue weighted by Crippen LogP contribution is 2.17. The lowest BCUT2D eigenvalue weighted by atomic mass is 10.3. The molecule has 3 aromatic rings. The topological polar surface area (TPSA) is 63.2 Å². The van der Waals surface area contributed by atoms with Crippen LogP contribution in [0.5, 0.6) is 5.75 Å². The van der Waals surface area contributed by atoms with E-state index in [4.69, 9.17) is 4.74 Å². The van der Waals surface area contributed by atoms with E-state index in [-0.39, 0.29) is 5.75 Å². The monoisotopic (exact) mass is 355 g/mol. The second-order valence-corrected chi connectivity index (χ2v) is 5.37. The van der Waals surface area contributed by atoms with Crippen molar-refractivity contribution in [1.29, 1.82) is 0 Å². The molecule has 26 heavy (non-hydrogen) atoms. The van der Waals surface area contributed by atoms with Crippen LogP contribution in [0.3, 0.4) is 0 Å². The van der Waals surface area contributed by atoms with Gasteiger partial charge in [0.1, 0.15) is 23.2 Å². The average molecular weight is 355 g/mol. The molecule has 0 aliphatic heterocycles. The van der Waals surface area contributed by atoms with E-state index < -0.39 is 24.1 Å². The highest BCUT2D eigenvalue weighted by Gasteiger charge is 2.07. The molecule has 1 amide bonds. The van der Waals surface area contributed by atoms with Gasteiger partial charge < -0.3 is 15.4 Å². The number of hydrogen-bond donors (Lipinski definition) is 2. The van der Waals surface area contributed by atoms with Crippen LogP contribution in [0.1, 0.15) is 0 Å². The number of hydrogen-bond acceptors (Lipinski definition) is 4. The summed E-state index contributed by atoms with van der Waals surface area (Å²) >= 11 is 0. The molecular formula is C19H15F2N3O2. The third kappa shape index (κ3) is 5.01. The zero-order valence-corrected chi connectivity index (χ0v) is 13.6. The molecule has 132 valence electrons. The van der Waals surface area contributed by atoms with Gasteiger partial charge in [-0.1, -0.05) is 18.2 Å². The highest BCUT2D eigenvalue weighted by atomic mass is 19.1. The number of halogens is 2. The van der Waals surface area contributed by atoms with Gasteiger partial charge in [0.2, 0.25) is 0 Å². The molecule has 1 heterocycles. The van der Waals surface area contributed by atoms with Crippen molar-refractivity contribution in [3.63, 3.8) is 0 Å². The molecule has 2 aromatic carbocycles. The van der Waals surface area contributed by atoms with Crippen LogP contribution in [0.4, 0.5) is 26.0 Å². The molecule has 0 fully saturated rings. The molecule has 5 nitrogen and oxygen atoms in total. The molecule has 0 atom stereocenters. The van der Waals surface area contributed by atoms with Crippen molar-refractivity contribution >= 4 is 23.1 Å². The molecule has 2 N–H and O–H groups in total. The lowest BCUT2D eigenvalue weighted by Crippen LogP contribution is -2.20.